The van der Waals surface area contributed by atoms with Gasteiger partial charge < -0.3 is 5.32 Å². The van der Waals surface area contributed by atoms with E-state index in [1.165, 1.54) is 4.88 Å². The van der Waals surface area contributed by atoms with Gasteiger partial charge in [0.15, 0.2) is 0 Å². The van der Waals surface area contributed by atoms with Crippen molar-refractivity contribution in [1.82, 2.24) is 10.6 Å². The predicted octanol–water partition coefficient (Wildman–Crippen LogP) is 3.81. The molecule has 3 rings (SSSR count). The molecule has 3 nitrogen and oxygen atoms in total. The Labute approximate surface area is 137 Å². The van der Waals surface area contributed by atoms with Crippen molar-refractivity contribution in [2.24, 2.45) is 0 Å². The van der Waals surface area contributed by atoms with E-state index in [1.54, 1.807) is 22.7 Å². The van der Waals surface area contributed by atoms with E-state index in [1.807, 2.05) is 30.5 Å². The average Bonchev–Trinajstić information content (AvgIpc) is 2.94. The van der Waals surface area contributed by atoms with Crippen molar-refractivity contribution in [3.05, 3.63) is 43.7 Å². The van der Waals surface area contributed by atoms with E-state index in [2.05, 4.69) is 16.7 Å². The van der Waals surface area contributed by atoms with Crippen LogP contribution in [0.3, 0.4) is 0 Å². The molecule has 1 amide bonds. The SMILES string of the molecule is CC(NC(c1cccs1)c1ccc(Cl)s1)C(=O)NC1CC1. The van der Waals surface area contributed by atoms with Crippen molar-refractivity contribution in [3.8, 4) is 0 Å². The van der Waals surface area contributed by atoms with Crippen LogP contribution in [0.1, 0.15) is 35.6 Å². The zero-order valence-corrected chi connectivity index (χ0v) is 14.0. The van der Waals surface area contributed by atoms with Crippen LogP contribution in [-0.2, 0) is 4.79 Å². The van der Waals surface area contributed by atoms with Gasteiger partial charge in [0.05, 0.1) is 16.4 Å². The van der Waals surface area contributed by atoms with Gasteiger partial charge in [-0.3, -0.25) is 10.1 Å². The van der Waals surface area contributed by atoms with Gasteiger partial charge >= 0.3 is 0 Å². The van der Waals surface area contributed by atoms with Crippen LogP contribution in [0, 0.1) is 0 Å². The zero-order chi connectivity index (χ0) is 14.8. The van der Waals surface area contributed by atoms with Crippen molar-refractivity contribution in [1.29, 1.82) is 0 Å². The molecule has 6 heteroatoms. The molecule has 0 spiro atoms. The third-order valence-electron chi connectivity index (χ3n) is 3.44. The number of hydrogen-bond donors (Lipinski definition) is 2. The van der Waals surface area contributed by atoms with Crippen molar-refractivity contribution in [2.75, 3.05) is 0 Å². The third-order valence-corrected chi connectivity index (χ3v) is 5.67. The van der Waals surface area contributed by atoms with Gasteiger partial charge in [0.1, 0.15) is 0 Å². The summed E-state index contributed by atoms with van der Waals surface area (Å²) in [7, 11) is 0. The average molecular weight is 341 g/mol. The summed E-state index contributed by atoms with van der Waals surface area (Å²) in [6.45, 7) is 1.91. The normalized spacial score (nSPS) is 17.4. The number of carbonyl (C=O) groups is 1. The van der Waals surface area contributed by atoms with Gasteiger partial charge in [-0.25, -0.2) is 0 Å². The van der Waals surface area contributed by atoms with E-state index in [4.69, 9.17) is 11.6 Å². The van der Waals surface area contributed by atoms with Crippen LogP contribution in [0.25, 0.3) is 0 Å². The minimum Gasteiger partial charge on any atom is -0.352 e. The van der Waals surface area contributed by atoms with Crippen LogP contribution in [0.4, 0.5) is 0 Å². The van der Waals surface area contributed by atoms with Crippen molar-refractivity contribution in [2.45, 2.75) is 37.9 Å². The van der Waals surface area contributed by atoms with E-state index in [0.717, 1.165) is 22.1 Å². The fourth-order valence-corrected chi connectivity index (χ4v) is 4.14. The summed E-state index contributed by atoms with van der Waals surface area (Å²) in [6.07, 6.45) is 2.21. The maximum absolute atomic E-state index is 12.1. The van der Waals surface area contributed by atoms with Gasteiger partial charge in [0.25, 0.3) is 0 Å². The number of thiophene rings is 2. The molecule has 2 unspecified atom stereocenters. The largest absolute Gasteiger partial charge is 0.352 e. The molecular formula is C15H17ClN2OS2. The highest BCUT2D eigenvalue weighted by atomic mass is 35.5. The van der Waals surface area contributed by atoms with Gasteiger partial charge in [-0.15, -0.1) is 22.7 Å². The first kappa shape index (κ1) is 15.0. The minimum absolute atomic E-state index is 0.0162. The number of rotatable bonds is 6. The second-order valence-corrected chi connectivity index (χ2v) is 7.99. The summed E-state index contributed by atoms with van der Waals surface area (Å²) in [4.78, 5) is 14.5. The molecule has 1 aliphatic carbocycles. The Morgan fingerprint density at radius 2 is 2.14 bits per heavy atom. The summed E-state index contributed by atoms with van der Waals surface area (Å²) >= 11 is 9.29. The first-order valence-electron chi connectivity index (χ1n) is 6.98. The molecule has 0 aliphatic heterocycles. The third kappa shape index (κ3) is 3.86. The van der Waals surface area contributed by atoms with Crippen molar-refractivity contribution < 1.29 is 4.79 Å². The summed E-state index contributed by atoms with van der Waals surface area (Å²) in [5.74, 6) is 0.0710. The monoisotopic (exact) mass is 340 g/mol. The second-order valence-electron chi connectivity index (χ2n) is 5.26. The zero-order valence-electron chi connectivity index (χ0n) is 11.6. The minimum atomic E-state index is -0.237. The molecule has 2 heterocycles. The molecule has 2 atom stereocenters. The highest BCUT2D eigenvalue weighted by molar-refractivity contribution is 7.16. The van der Waals surface area contributed by atoms with Crippen LogP contribution in [0.5, 0.6) is 0 Å². The molecule has 2 aromatic heterocycles. The van der Waals surface area contributed by atoms with Crippen LogP contribution < -0.4 is 10.6 Å². The van der Waals surface area contributed by atoms with E-state index in [-0.39, 0.29) is 18.0 Å². The highest BCUT2D eigenvalue weighted by Gasteiger charge is 2.27. The van der Waals surface area contributed by atoms with E-state index in [9.17, 15) is 4.79 Å². The number of nitrogens with one attached hydrogen (secondary N) is 2. The summed E-state index contributed by atoms with van der Waals surface area (Å²) in [5.41, 5.74) is 0. The number of hydrogen-bond acceptors (Lipinski definition) is 4. The van der Waals surface area contributed by atoms with Crippen LogP contribution in [0.2, 0.25) is 4.34 Å². The quantitative estimate of drug-likeness (QED) is 0.839. The predicted molar refractivity (Wildman–Crippen MR) is 89.3 cm³/mol. The van der Waals surface area contributed by atoms with Crippen molar-refractivity contribution >= 4 is 40.2 Å². The highest BCUT2D eigenvalue weighted by Crippen LogP contribution is 2.33. The maximum Gasteiger partial charge on any atom is 0.237 e. The second kappa shape index (κ2) is 6.48. The molecule has 0 radical (unpaired) electrons. The van der Waals surface area contributed by atoms with Crippen LogP contribution >= 0.6 is 34.3 Å². The lowest BCUT2D eigenvalue weighted by molar-refractivity contribution is -0.123. The smallest absolute Gasteiger partial charge is 0.237 e. The van der Waals surface area contributed by atoms with Crippen LogP contribution in [0.15, 0.2) is 29.6 Å². The van der Waals surface area contributed by atoms with Crippen LogP contribution in [-0.4, -0.2) is 18.0 Å². The Kier molecular flexibility index (Phi) is 4.64. The van der Waals surface area contributed by atoms with E-state index >= 15 is 0 Å². The first-order chi connectivity index (χ1) is 10.1. The molecule has 1 saturated carbocycles. The molecular weight excluding hydrogens is 324 g/mol. The topological polar surface area (TPSA) is 41.1 Å². The molecule has 1 fully saturated rings. The lowest BCUT2D eigenvalue weighted by Crippen LogP contribution is -2.44. The fraction of sp³-hybridized carbons (Fsp3) is 0.400. The van der Waals surface area contributed by atoms with Gasteiger partial charge in [-0.05, 0) is 43.3 Å². The molecule has 2 aromatic rings. The Morgan fingerprint density at radius 3 is 2.71 bits per heavy atom. The Balaban J connectivity index is 1.74. The lowest BCUT2D eigenvalue weighted by atomic mass is 10.1. The van der Waals surface area contributed by atoms with Crippen molar-refractivity contribution in [3.63, 3.8) is 0 Å². The molecule has 1 aliphatic rings. The standard InChI is InChI=1S/C15H17ClN2OS2/c1-9(15(19)18-10-4-5-10)17-14(11-3-2-8-20-11)12-6-7-13(16)21-12/h2-3,6-10,14,17H,4-5H2,1H3,(H,18,19). The molecule has 21 heavy (non-hydrogen) atoms. The Bertz CT molecular complexity index is 607. The van der Waals surface area contributed by atoms with E-state index < -0.39 is 0 Å². The summed E-state index contributed by atoms with van der Waals surface area (Å²) in [6, 6.07) is 8.20. The van der Waals surface area contributed by atoms with Gasteiger partial charge in [-0.2, -0.15) is 0 Å². The molecule has 0 saturated heterocycles. The molecule has 2 N–H and O–H groups in total. The Hall–Kier alpha value is -0.880. The fourth-order valence-electron chi connectivity index (χ4n) is 2.12. The molecule has 112 valence electrons. The summed E-state index contributed by atoms with van der Waals surface area (Å²) < 4.78 is 0.767. The maximum atomic E-state index is 12.1. The van der Waals surface area contributed by atoms with Gasteiger partial charge in [0.2, 0.25) is 5.91 Å². The molecule has 0 bridgehead atoms. The molecule has 0 aromatic carbocycles. The number of carbonyl (C=O) groups excluding carboxylic acids is 1. The number of amides is 1. The first-order valence-corrected chi connectivity index (χ1v) is 9.06. The Morgan fingerprint density at radius 1 is 1.33 bits per heavy atom. The lowest BCUT2D eigenvalue weighted by Gasteiger charge is -2.21. The van der Waals surface area contributed by atoms with Gasteiger partial charge in [0, 0.05) is 15.8 Å². The number of halogens is 1. The summed E-state index contributed by atoms with van der Waals surface area (Å²) in [5, 5.41) is 8.52. The van der Waals surface area contributed by atoms with Gasteiger partial charge in [-0.1, -0.05) is 17.7 Å². The van der Waals surface area contributed by atoms with E-state index in [0.29, 0.717) is 6.04 Å².